The maximum Gasteiger partial charge on any atom is 0.254 e. The van der Waals surface area contributed by atoms with Gasteiger partial charge in [0.05, 0.1) is 0 Å². The van der Waals surface area contributed by atoms with Crippen molar-refractivity contribution in [1.82, 2.24) is 4.90 Å². The summed E-state index contributed by atoms with van der Waals surface area (Å²) < 4.78 is 0. The van der Waals surface area contributed by atoms with Crippen LogP contribution in [0.5, 0.6) is 5.75 Å². The predicted octanol–water partition coefficient (Wildman–Crippen LogP) is 5.91. The SMILES string of the molecule is O=C1c2cc(O)ccc2CN1CC1CCC(CCCC2CCCCC2)CC1. The molecule has 3 nitrogen and oxygen atoms in total. The molecule has 1 N–H and O–H groups in total. The number of phenols is 1. The summed E-state index contributed by atoms with van der Waals surface area (Å²) in [7, 11) is 0. The van der Waals surface area contributed by atoms with E-state index < -0.39 is 0 Å². The minimum absolute atomic E-state index is 0.107. The smallest absolute Gasteiger partial charge is 0.254 e. The molecule has 1 heterocycles. The average molecular weight is 370 g/mol. The molecule has 0 atom stereocenters. The second kappa shape index (κ2) is 8.67. The monoisotopic (exact) mass is 369 g/mol. The van der Waals surface area contributed by atoms with Gasteiger partial charge in [0.2, 0.25) is 0 Å². The fourth-order valence-corrected chi connectivity index (χ4v) is 5.68. The highest BCUT2D eigenvalue weighted by atomic mass is 16.3. The van der Waals surface area contributed by atoms with Crippen molar-refractivity contribution in [3.8, 4) is 5.75 Å². The Hall–Kier alpha value is -1.51. The van der Waals surface area contributed by atoms with E-state index >= 15 is 0 Å². The highest BCUT2D eigenvalue weighted by Crippen LogP contribution is 2.35. The van der Waals surface area contributed by atoms with Crippen molar-refractivity contribution in [2.24, 2.45) is 17.8 Å². The summed E-state index contributed by atoms with van der Waals surface area (Å²) in [4.78, 5) is 14.6. The maximum absolute atomic E-state index is 12.6. The standard InChI is InChI=1S/C24H35NO2/c26-22-14-13-21-17-25(24(27)23(21)15-22)16-20-11-9-19(10-12-20)8-4-7-18-5-2-1-3-6-18/h13-15,18-20,26H,1-12,16-17H2. The fraction of sp³-hybridized carbons (Fsp3) is 0.708. The highest BCUT2D eigenvalue weighted by molar-refractivity contribution is 5.98. The van der Waals surface area contributed by atoms with E-state index in [9.17, 15) is 9.90 Å². The molecule has 0 saturated heterocycles. The van der Waals surface area contributed by atoms with Gasteiger partial charge in [-0.15, -0.1) is 0 Å². The zero-order valence-electron chi connectivity index (χ0n) is 16.7. The van der Waals surface area contributed by atoms with Crippen molar-refractivity contribution in [3.63, 3.8) is 0 Å². The predicted molar refractivity (Wildman–Crippen MR) is 109 cm³/mol. The number of benzene rings is 1. The van der Waals surface area contributed by atoms with E-state index in [0.29, 0.717) is 11.5 Å². The molecule has 0 radical (unpaired) electrons. The summed E-state index contributed by atoms with van der Waals surface area (Å²) in [5, 5.41) is 9.63. The van der Waals surface area contributed by atoms with E-state index in [1.807, 2.05) is 11.0 Å². The van der Waals surface area contributed by atoms with Gasteiger partial charge in [-0.1, -0.05) is 70.3 Å². The van der Waals surface area contributed by atoms with Crippen LogP contribution in [0.1, 0.15) is 93.0 Å². The molecule has 0 aromatic heterocycles. The van der Waals surface area contributed by atoms with Gasteiger partial charge >= 0.3 is 0 Å². The second-order valence-electron chi connectivity index (χ2n) is 9.35. The lowest BCUT2D eigenvalue weighted by atomic mass is 9.78. The second-order valence-corrected chi connectivity index (χ2v) is 9.35. The van der Waals surface area contributed by atoms with Crippen LogP contribution in [0.2, 0.25) is 0 Å². The first-order valence-corrected chi connectivity index (χ1v) is 11.3. The van der Waals surface area contributed by atoms with Gasteiger partial charge in [0.15, 0.2) is 0 Å². The molecule has 4 rings (SSSR count). The lowest BCUT2D eigenvalue weighted by Gasteiger charge is -2.31. The molecule has 148 valence electrons. The number of carbonyl (C=O) groups is 1. The summed E-state index contributed by atoms with van der Waals surface area (Å²) in [5.74, 6) is 2.91. The first-order chi connectivity index (χ1) is 13.2. The summed E-state index contributed by atoms with van der Waals surface area (Å²) in [6, 6.07) is 5.21. The normalized spacial score (nSPS) is 26.4. The summed E-state index contributed by atoms with van der Waals surface area (Å²) >= 11 is 0. The third-order valence-corrected chi connectivity index (χ3v) is 7.37. The zero-order chi connectivity index (χ0) is 18.6. The first-order valence-electron chi connectivity index (χ1n) is 11.3. The van der Waals surface area contributed by atoms with Crippen molar-refractivity contribution >= 4 is 5.91 Å². The Morgan fingerprint density at radius 1 is 0.889 bits per heavy atom. The van der Waals surface area contributed by atoms with Crippen LogP contribution in [0.15, 0.2) is 18.2 Å². The Balaban J connectivity index is 1.17. The Morgan fingerprint density at radius 2 is 1.56 bits per heavy atom. The minimum atomic E-state index is 0.107. The molecular weight excluding hydrogens is 334 g/mol. The summed E-state index contributed by atoms with van der Waals surface area (Å²) in [6.45, 7) is 1.61. The molecular formula is C24H35NO2. The third-order valence-electron chi connectivity index (χ3n) is 7.37. The van der Waals surface area contributed by atoms with Crippen LogP contribution in [0.25, 0.3) is 0 Å². The number of nitrogens with zero attached hydrogens (tertiary/aromatic N) is 1. The number of fused-ring (bicyclic) bond motifs is 1. The molecule has 0 spiro atoms. The Morgan fingerprint density at radius 3 is 2.30 bits per heavy atom. The maximum atomic E-state index is 12.6. The number of aromatic hydroxyl groups is 1. The largest absolute Gasteiger partial charge is 0.508 e. The number of hydrogen-bond donors (Lipinski definition) is 1. The number of carbonyl (C=O) groups excluding carboxylic acids is 1. The number of rotatable bonds is 6. The number of amides is 1. The molecule has 1 aromatic carbocycles. The Kier molecular flexibility index (Phi) is 6.04. The molecule has 27 heavy (non-hydrogen) atoms. The summed E-state index contributed by atoms with van der Waals surface area (Å²) in [5.41, 5.74) is 1.76. The number of hydrogen-bond acceptors (Lipinski definition) is 2. The topological polar surface area (TPSA) is 40.5 Å². The molecule has 1 amide bonds. The van der Waals surface area contributed by atoms with Gasteiger partial charge in [0.25, 0.3) is 5.91 Å². The van der Waals surface area contributed by atoms with E-state index in [-0.39, 0.29) is 11.7 Å². The van der Waals surface area contributed by atoms with Gasteiger partial charge in [0.1, 0.15) is 5.75 Å². The lowest BCUT2D eigenvalue weighted by Crippen LogP contribution is -2.31. The van der Waals surface area contributed by atoms with E-state index in [1.54, 1.807) is 12.1 Å². The molecule has 3 aliphatic rings. The molecule has 2 saturated carbocycles. The highest BCUT2D eigenvalue weighted by Gasteiger charge is 2.31. The molecule has 1 aliphatic heterocycles. The third kappa shape index (κ3) is 4.67. The fourth-order valence-electron chi connectivity index (χ4n) is 5.68. The quantitative estimate of drug-likeness (QED) is 0.677. The molecule has 2 aliphatic carbocycles. The number of phenolic OH excluding ortho intramolecular Hbond substituents is 1. The molecule has 2 fully saturated rings. The minimum Gasteiger partial charge on any atom is -0.508 e. The van der Waals surface area contributed by atoms with Crippen LogP contribution in [-0.2, 0) is 6.54 Å². The Bertz CT molecular complexity index is 642. The van der Waals surface area contributed by atoms with E-state index in [4.69, 9.17) is 0 Å². The van der Waals surface area contributed by atoms with Crippen LogP contribution in [0.3, 0.4) is 0 Å². The van der Waals surface area contributed by atoms with Gasteiger partial charge in [-0.25, -0.2) is 0 Å². The van der Waals surface area contributed by atoms with Crippen LogP contribution in [0, 0.1) is 17.8 Å². The van der Waals surface area contributed by atoms with Crippen molar-refractivity contribution in [2.45, 2.75) is 83.6 Å². The molecule has 0 bridgehead atoms. The average Bonchev–Trinajstić information content (AvgIpc) is 2.99. The first kappa shape index (κ1) is 18.8. The van der Waals surface area contributed by atoms with Crippen molar-refractivity contribution in [2.75, 3.05) is 6.54 Å². The Labute approximate surface area is 164 Å². The van der Waals surface area contributed by atoms with Crippen LogP contribution >= 0.6 is 0 Å². The van der Waals surface area contributed by atoms with Gasteiger partial charge in [-0.3, -0.25) is 4.79 Å². The van der Waals surface area contributed by atoms with Gasteiger partial charge in [-0.05, 0) is 48.3 Å². The van der Waals surface area contributed by atoms with Crippen LogP contribution in [-0.4, -0.2) is 22.5 Å². The van der Waals surface area contributed by atoms with Crippen molar-refractivity contribution in [1.29, 1.82) is 0 Å². The van der Waals surface area contributed by atoms with Crippen molar-refractivity contribution < 1.29 is 9.90 Å². The van der Waals surface area contributed by atoms with Crippen LogP contribution in [0.4, 0.5) is 0 Å². The van der Waals surface area contributed by atoms with Gasteiger partial charge in [-0.2, -0.15) is 0 Å². The zero-order valence-corrected chi connectivity index (χ0v) is 16.7. The lowest BCUT2D eigenvalue weighted by molar-refractivity contribution is 0.0728. The van der Waals surface area contributed by atoms with E-state index in [1.165, 1.54) is 77.0 Å². The summed E-state index contributed by atoms with van der Waals surface area (Å²) in [6.07, 6.45) is 16.9. The van der Waals surface area contributed by atoms with Crippen molar-refractivity contribution in [3.05, 3.63) is 29.3 Å². The molecule has 3 heteroatoms. The van der Waals surface area contributed by atoms with E-state index in [2.05, 4.69) is 0 Å². The van der Waals surface area contributed by atoms with E-state index in [0.717, 1.165) is 30.5 Å². The molecule has 1 aromatic rings. The van der Waals surface area contributed by atoms with Crippen LogP contribution < -0.4 is 0 Å². The van der Waals surface area contributed by atoms with Gasteiger partial charge < -0.3 is 10.0 Å². The molecule has 0 unspecified atom stereocenters. The van der Waals surface area contributed by atoms with Gasteiger partial charge in [0, 0.05) is 18.7 Å².